The summed E-state index contributed by atoms with van der Waals surface area (Å²) in [5, 5.41) is 13.7. The van der Waals surface area contributed by atoms with Gasteiger partial charge in [-0.15, -0.1) is 0 Å². The number of hydrogen-bond donors (Lipinski definition) is 1. The number of aromatic nitrogens is 1. The van der Waals surface area contributed by atoms with Crippen molar-refractivity contribution in [2.24, 2.45) is 0 Å². The first-order valence-corrected chi connectivity index (χ1v) is 8.42. The molecule has 0 fully saturated rings. The number of hydrogen-bond acceptors (Lipinski definition) is 5. The van der Waals surface area contributed by atoms with Gasteiger partial charge < -0.3 is 5.32 Å². The Morgan fingerprint density at radius 2 is 2.04 bits per heavy atom. The van der Waals surface area contributed by atoms with Crippen molar-refractivity contribution in [1.29, 1.82) is 0 Å². The van der Waals surface area contributed by atoms with Gasteiger partial charge in [0.25, 0.3) is 11.6 Å². The van der Waals surface area contributed by atoms with E-state index in [1.807, 2.05) is 6.92 Å². The maximum Gasteiger partial charge on any atom is 0.308 e. The van der Waals surface area contributed by atoms with Crippen LogP contribution in [-0.2, 0) is 6.54 Å². The van der Waals surface area contributed by atoms with Crippen LogP contribution in [0.5, 0.6) is 0 Å². The van der Waals surface area contributed by atoms with Crippen molar-refractivity contribution in [2.45, 2.75) is 20.4 Å². The van der Waals surface area contributed by atoms with Crippen molar-refractivity contribution >= 4 is 38.8 Å². The number of benzene rings is 2. The molecule has 1 aromatic heterocycles. The number of aryl methyl sites for hydroxylation is 2. The zero-order valence-electron chi connectivity index (χ0n) is 13.6. The maximum absolute atomic E-state index is 12.4. The number of amides is 1. The van der Waals surface area contributed by atoms with Gasteiger partial charge in [0.2, 0.25) is 0 Å². The molecule has 0 spiro atoms. The Bertz CT molecular complexity index is 1050. The number of nitro benzene ring substituents is 1. The monoisotopic (exact) mass is 357 g/mol. The Kier molecular flexibility index (Phi) is 4.37. The fourth-order valence-electron chi connectivity index (χ4n) is 2.59. The van der Waals surface area contributed by atoms with Crippen molar-refractivity contribution in [2.75, 3.05) is 5.32 Å². The Balaban J connectivity index is 1.91. The lowest BCUT2D eigenvalue weighted by Gasteiger charge is -2.07. The third-order valence-electron chi connectivity index (χ3n) is 3.91. The minimum absolute atomic E-state index is 0.0462. The van der Waals surface area contributed by atoms with E-state index < -0.39 is 10.8 Å². The highest BCUT2D eigenvalue weighted by molar-refractivity contribution is 7.16. The zero-order chi connectivity index (χ0) is 18.1. The van der Waals surface area contributed by atoms with Gasteiger partial charge in [0.15, 0.2) is 0 Å². The average molecular weight is 357 g/mol. The van der Waals surface area contributed by atoms with E-state index in [1.54, 1.807) is 41.8 Å². The lowest BCUT2D eigenvalue weighted by molar-refractivity contribution is -0.385. The molecule has 0 atom stereocenters. The van der Waals surface area contributed by atoms with Crippen LogP contribution in [0.1, 0.15) is 22.8 Å². The second-order valence-corrected chi connectivity index (χ2v) is 6.50. The topological polar surface area (TPSA) is 94.2 Å². The van der Waals surface area contributed by atoms with Gasteiger partial charge in [0.05, 0.1) is 15.1 Å². The van der Waals surface area contributed by atoms with E-state index in [0.29, 0.717) is 17.8 Å². The predicted octanol–water partition coefficient (Wildman–Crippen LogP) is 3.55. The lowest BCUT2D eigenvalue weighted by atomic mass is 10.1. The molecule has 3 aromatic rings. The number of carbonyl (C=O) groups is 1. The summed E-state index contributed by atoms with van der Waals surface area (Å²) in [7, 11) is 0. The molecule has 3 rings (SSSR count). The van der Waals surface area contributed by atoms with Crippen molar-refractivity contribution < 1.29 is 9.72 Å². The molecule has 0 aliphatic heterocycles. The van der Waals surface area contributed by atoms with E-state index in [0.717, 1.165) is 21.6 Å². The highest BCUT2D eigenvalue weighted by atomic mass is 32.1. The molecule has 0 radical (unpaired) electrons. The van der Waals surface area contributed by atoms with Crippen LogP contribution in [0.25, 0.3) is 10.2 Å². The molecule has 0 aliphatic rings. The molecule has 8 heteroatoms. The van der Waals surface area contributed by atoms with Crippen molar-refractivity contribution in [1.82, 2.24) is 4.57 Å². The van der Waals surface area contributed by atoms with E-state index in [9.17, 15) is 19.7 Å². The number of anilines is 1. The molecule has 25 heavy (non-hydrogen) atoms. The molecule has 2 aromatic carbocycles. The van der Waals surface area contributed by atoms with E-state index in [4.69, 9.17) is 0 Å². The summed E-state index contributed by atoms with van der Waals surface area (Å²) in [6.07, 6.45) is 0. The maximum atomic E-state index is 12.4. The van der Waals surface area contributed by atoms with Crippen LogP contribution < -0.4 is 10.2 Å². The van der Waals surface area contributed by atoms with E-state index in [1.165, 1.54) is 6.07 Å². The summed E-state index contributed by atoms with van der Waals surface area (Å²) in [6.45, 7) is 4.10. The summed E-state index contributed by atoms with van der Waals surface area (Å²) in [6, 6.07) is 9.57. The fraction of sp³-hybridized carbons (Fsp3) is 0.176. The second kappa shape index (κ2) is 6.48. The molecule has 0 saturated carbocycles. The van der Waals surface area contributed by atoms with Gasteiger partial charge in [0, 0.05) is 29.4 Å². The van der Waals surface area contributed by atoms with Crippen LogP contribution in [0, 0.1) is 17.0 Å². The molecule has 0 aliphatic carbocycles. The summed E-state index contributed by atoms with van der Waals surface area (Å²) < 4.78 is 2.44. The van der Waals surface area contributed by atoms with Crippen molar-refractivity contribution in [3.05, 3.63) is 67.3 Å². The van der Waals surface area contributed by atoms with E-state index in [2.05, 4.69) is 5.32 Å². The highest BCUT2D eigenvalue weighted by Crippen LogP contribution is 2.23. The molecule has 0 unspecified atom stereocenters. The van der Waals surface area contributed by atoms with Crippen LogP contribution in [0.15, 0.2) is 41.2 Å². The summed E-state index contributed by atoms with van der Waals surface area (Å²) in [4.78, 5) is 34.7. The van der Waals surface area contributed by atoms with Gasteiger partial charge >= 0.3 is 4.87 Å². The average Bonchev–Trinajstić information content (AvgIpc) is 2.89. The SMILES string of the molecule is CCn1c(=O)sc2cc(NC(=O)c3ccc(C)c([N+](=O)[O-])c3)ccc21. The third-order valence-corrected chi connectivity index (χ3v) is 4.85. The van der Waals surface area contributed by atoms with Crippen LogP contribution in [0.4, 0.5) is 11.4 Å². The molecular weight excluding hydrogens is 342 g/mol. The molecular formula is C17H15N3O4S. The quantitative estimate of drug-likeness (QED) is 0.571. The molecule has 1 N–H and O–H groups in total. The van der Waals surface area contributed by atoms with Gasteiger partial charge in [-0.1, -0.05) is 17.4 Å². The third kappa shape index (κ3) is 3.16. The summed E-state index contributed by atoms with van der Waals surface area (Å²) >= 11 is 1.12. The first-order chi connectivity index (χ1) is 11.9. The highest BCUT2D eigenvalue weighted by Gasteiger charge is 2.15. The Morgan fingerprint density at radius 1 is 1.28 bits per heavy atom. The van der Waals surface area contributed by atoms with Crippen LogP contribution >= 0.6 is 11.3 Å². The number of rotatable bonds is 4. The first-order valence-electron chi connectivity index (χ1n) is 7.60. The van der Waals surface area contributed by atoms with Gasteiger partial charge in [0.1, 0.15) is 0 Å². The first kappa shape index (κ1) is 16.8. The Morgan fingerprint density at radius 3 is 2.72 bits per heavy atom. The van der Waals surface area contributed by atoms with Crippen LogP contribution in [0.2, 0.25) is 0 Å². The van der Waals surface area contributed by atoms with Gasteiger partial charge in [-0.2, -0.15) is 0 Å². The molecule has 0 saturated heterocycles. The number of nitro groups is 1. The molecule has 128 valence electrons. The smallest absolute Gasteiger partial charge is 0.308 e. The van der Waals surface area contributed by atoms with Crippen LogP contribution in [-0.4, -0.2) is 15.4 Å². The summed E-state index contributed by atoms with van der Waals surface area (Å²) in [5.41, 5.74) is 1.96. The number of thiazole rings is 1. The second-order valence-electron chi connectivity index (χ2n) is 5.51. The summed E-state index contributed by atoms with van der Waals surface area (Å²) in [5.74, 6) is -0.440. The van der Waals surface area contributed by atoms with E-state index in [-0.39, 0.29) is 16.1 Å². The van der Waals surface area contributed by atoms with Crippen molar-refractivity contribution in [3.63, 3.8) is 0 Å². The molecule has 0 bridgehead atoms. The van der Waals surface area contributed by atoms with Crippen LogP contribution in [0.3, 0.4) is 0 Å². The Labute approximate surface area is 146 Å². The standard InChI is InChI=1S/C17H15N3O4S/c1-3-19-13-7-6-12(9-15(13)25-17(19)22)18-16(21)11-5-4-10(2)14(8-11)20(23)24/h4-9H,3H2,1-2H3,(H,18,21). The predicted molar refractivity (Wildman–Crippen MR) is 97.5 cm³/mol. The number of nitrogens with zero attached hydrogens (tertiary/aromatic N) is 2. The van der Waals surface area contributed by atoms with Gasteiger partial charge in [-0.05, 0) is 38.1 Å². The molecule has 1 amide bonds. The molecule has 7 nitrogen and oxygen atoms in total. The normalized spacial score (nSPS) is 10.8. The number of nitrogens with one attached hydrogen (secondary N) is 1. The zero-order valence-corrected chi connectivity index (χ0v) is 14.4. The number of fused-ring (bicyclic) bond motifs is 1. The largest absolute Gasteiger partial charge is 0.322 e. The van der Waals surface area contributed by atoms with Gasteiger partial charge in [-0.3, -0.25) is 24.3 Å². The van der Waals surface area contributed by atoms with Crippen molar-refractivity contribution in [3.8, 4) is 0 Å². The Hall–Kier alpha value is -3.00. The van der Waals surface area contributed by atoms with E-state index >= 15 is 0 Å². The fourth-order valence-corrected chi connectivity index (χ4v) is 3.59. The minimum Gasteiger partial charge on any atom is -0.322 e. The van der Waals surface area contributed by atoms with Gasteiger partial charge in [-0.25, -0.2) is 0 Å². The molecule has 1 heterocycles. The number of carbonyl (C=O) groups excluding carboxylic acids is 1. The lowest BCUT2D eigenvalue weighted by Crippen LogP contribution is -2.12. The minimum atomic E-state index is -0.511.